The van der Waals surface area contributed by atoms with Crippen LogP contribution < -0.4 is 0 Å². The number of nitrogens with zero attached hydrogens (tertiary/aromatic N) is 2. The largest absolute Gasteiger partial charge is 0.332 e. The van der Waals surface area contributed by atoms with Crippen molar-refractivity contribution in [2.45, 2.75) is 33.4 Å². The van der Waals surface area contributed by atoms with Gasteiger partial charge in [0.15, 0.2) is 0 Å². The third kappa shape index (κ3) is 6.50. The van der Waals surface area contributed by atoms with E-state index in [1.54, 1.807) is 28.4 Å². The molecule has 0 aliphatic heterocycles. The molecule has 1 aromatic heterocycles. The molecule has 0 radical (unpaired) electrons. The van der Waals surface area contributed by atoms with Crippen LogP contribution in [0.4, 0.5) is 4.39 Å². The van der Waals surface area contributed by atoms with Crippen LogP contribution in [-0.2, 0) is 17.9 Å². The van der Waals surface area contributed by atoms with Crippen molar-refractivity contribution < 1.29 is 14.0 Å². The molecular weight excluding hydrogens is 423 g/mol. The van der Waals surface area contributed by atoms with E-state index in [4.69, 9.17) is 0 Å². The molecule has 1 heterocycles. The predicted molar refractivity (Wildman–Crippen MR) is 127 cm³/mol. The van der Waals surface area contributed by atoms with Crippen LogP contribution in [0, 0.1) is 11.7 Å². The molecule has 0 aliphatic carbocycles. The number of benzene rings is 2. The molecule has 2 amide bonds. The van der Waals surface area contributed by atoms with E-state index < -0.39 is 11.7 Å². The maximum absolute atomic E-state index is 14.3. The van der Waals surface area contributed by atoms with Crippen LogP contribution in [0.3, 0.4) is 0 Å². The lowest BCUT2D eigenvalue weighted by molar-refractivity contribution is -0.133. The number of hydrogen-bond donors (Lipinski definition) is 0. The summed E-state index contributed by atoms with van der Waals surface area (Å²) in [6.45, 7) is 5.29. The van der Waals surface area contributed by atoms with Gasteiger partial charge in [-0.15, -0.1) is 11.3 Å². The Balaban J connectivity index is 1.82. The molecule has 2 aromatic carbocycles. The highest BCUT2D eigenvalue weighted by molar-refractivity contribution is 7.09. The molecule has 0 spiro atoms. The number of carbonyl (C=O) groups excluding carboxylic acids is 2. The maximum atomic E-state index is 14.3. The Morgan fingerprint density at radius 3 is 2.31 bits per heavy atom. The first-order valence-corrected chi connectivity index (χ1v) is 11.7. The summed E-state index contributed by atoms with van der Waals surface area (Å²) < 4.78 is 14.3. The summed E-state index contributed by atoms with van der Waals surface area (Å²) in [5.74, 6) is -0.986. The average Bonchev–Trinajstić information content (AvgIpc) is 3.32. The van der Waals surface area contributed by atoms with Gasteiger partial charge in [0.25, 0.3) is 5.91 Å². The highest BCUT2D eigenvalue weighted by atomic mass is 32.1. The van der Waals surface area contributed by atoms with Crippen LogP contribution in [0.25, 0.3) is 0 Å². The lowest BCUT2D eigenvalue weighted by Gasteiger charge is -2.29. The number of hydrogen-bond acceptors (Lipinski definition) is 3. The molecule has 0 N–H and O–H groups in total. The molecule has 1 atom stereocenters. The Kier molecular flexibility index (Phi) is 8.56. The quantitative estimate of drug-likeness (QED) is 0.401. The van der Waals surface area contributed by atoms with Gasteiger partial charge in [0.1, 0.15) is 12.4 Å². The van der Waals surface area contributed by atoms with Gasteiger partial charge in [0, 0.05) is 18.0 Å². The molecule has 0 saturated carbocycles. The minimum Gasteiger partial charge on any atom is -0.332 e. The fourth-order valence-electron chi connectivity index (χ4n) is 3.42. The minimum atomic E-state index is -0.571. The lowest BCUT2D eigenvalue weighted by Crippen LogP contribution is -2.44. The van der Waals surface area contributed by atoms with Crippen molar-refractivity contribution in [2.24, 2.45) is 5.92 Å². The summed E-state index contributed by atoms with van der Waals surface area (Å²) in [5, 5.41) is 1.98. The van der Waals surface area contributed by atoms with E-state index >= 15 is 0 Å². The van der Waals surface area contributed by atoms with E-state index in [9.17, 15) is 14.0 Å². The highest BCUT2D eigenvalue weighted by Crippen LogP contribution is 2.17. The Morgan fingerprint density at radius 1 is 0.938 bits per heavy atom. The topological polar surface area (TPSA) is 40.6 Å². The van der Waals surface area contributed by atoms with Gasteiger partial charge in [0.2, 0.25) is 5.91 Å². The number of carbonyl (C=O) groups is 2. The third-order valence-electron chi connectivity index (χ3n) is 5.44. The van der Waals surface area contributed by atoms with Gasteiger partial charge < -0.3 is 9.80 Å². The van der Waals surface area contributed by atoms with Gasteiger partial charge >= 0.3 is 0 Å². The van der Waals surface area contributed by atoms with Gasteiger partial charge in [-0.1, -0.05) is 68.8 Å². The van der Waals surface area contributed by atoms with Gasteiger partial charge in [-0.05, 0) is 35.1 Å². The molecule has 168 valence electrons. The first-order chi connectivity index (χ1) is 15.5. The Morgan fingerprint density at radius 2 is 1.66 bits per heavy atom. The molecular formula is C26H29FN2O2S. The molecule has 4 nitrogen and oxygen atoms in total. The molecule has 3 rings (SSSR count). The summed E-state index contributed by atoms with van der Waals surface area (Å²) in [7, 11) is 0. The zero-order valence-corrected chi connectivity index (χ0v) is 19.4. The molecule has 0 aliphatic rings. The second-order valence-corrected chi connectivity index (χ2v) is 9.03. The summed E-state index contributed by atoms with van der Waals surface area (Å²) in [4.78, 5) is 30.9. The number of halogens is 1. The lowest BCUT2D eigenvalue weighted by atomic mass is 10.1. The van der Waals surface area contributed by atoms with Gasteiger partial charge in [-0.2, -0.15) is 0 Å². The summed E-state index contributed by atoms with van der Waals surface area (Å²) in [5.41, 5.74) is 1.02. The third-order valence-corrected chi connectivity index (χ3v) is 6.30. The summed E-state index contributed by atoms with van der Waals surface area (Å²) >= 11 is 1.59. The summed E-state index contributed by atoms with van der Waals surface area (Å²) in [6.07, 6.45) is 0.859. The van der Waals surface area contributed by atoms with Crippen LogP contribution in [0.2, 0.25) is 0 Å². The monoisotopic (exact) mass is 452 g/mol. The highest BCUT2D eigenvalue weighted by Gasteiger charge is 2.25. The molecule has 1 unspecified atom stereocenters. The smallest absolute Gasteiger partial charge is 0.257 e. The zero-order valence-electron chi connectivity index (χ0n) is 18.5. The minimum absolute atomic E-state index is 0.00327. The SMILES string of the molecule is CCC(C)CN(CC(=O)N(Cc1ccccc1)Cc1cccs1)C(=O)c1ccccc1F. The predicted octanol–water partition coefficient (Wildman–Crippen LogP) is 5.60. The molecule has 6 heteroatoms. The van der Waals surface area contributed by atoms with Crippen molar-refractivity contribution in [3.05, 3.63) is 93.9 Å². The Bertz CT molecular complexity index is 1010. The van der Waals surface area contributed by atoms with Crippen molar-refractivity contribution in [1.82, 2.24) is 9.80 Å². The maximum Gasteiger partial charge on any atom is 0.257 e. The van der Waals surface area contributed by atoms with E-state index in [0.717, 1.165) is 16.9 Å². The molecule has 0 bridgehead atoms. The second kappa shape index (κ2) is 11.6. The van der Waals surface area contributed by atoms with E-state index in [-0.39, 0.29) is 23.9 Å². The molecule has 32 heavy (non-hydrogen) atoms. The van der Waals surface area contributed by atoms with Gasteiger partial charge in [-0.25, -0.2) is 4.39 Å². The molecule has 3 aromatic rings. The van der Waals surface area contributed by atoms with E-state index in [2.05, 4.69) is 0 Å². The first kappa shape index (κ1) is 23.7. The van der Waals surface area contributed by atoms with Crippen molar-refractivity contribution >= 4 is 23.2 Å². The number of rotatable bonds is 10. The van der Waals surface area contributed by atoms with Crippen LogP contribution in [0.15, 0.2) is 72.1 Å². The van der Waals surface area contributed by atoms with Crippen molar-refractivity contribution in [3.8, 4) is 0 Å². The van der Waals surface area contributed by atoms with Crippen molar-refractivity contribution in [3.63, 3.8) is 0 Å². The number of thiophene rings is 1. The van der Waals surface area contributed by atoms with Crippen LogP contribution in [0.1, 0.15) is 41.1 Å². The number of amides is 2. The second-order valence-electron chi connectivity index (χ2n) is 7.99. The zero-order chi connectivity index (χ0) is 22.9. The van der Waals surface area contributed by atoms with Crippen molar-refractivity contribution in [1.29, 1.82) is 0 Å². The van der Waals surface area contributed by atoms with Crippen molar-refractivity contribution in [2.75, 3.05) is 13.1 Å². The van der Waals surface area contributed by atoms with Gasteiger partial charge in [-0.3, -0.25) is 9.59 Å². The van der Waals surface area contributed by atoms with Crippen LogP contribution >= 0.6 is 11.3 Å². The molecule has 0 fully saturated rings. The molecule has 0 saturated heterocycles. The average molecular weight is 453 g/mol. The standard InChI is InChI=1S/C26H29FN2O2S/c1-3-20(2)16-29(26(31)23-13-7-8-14-24(23)27)19-25(30)28(18-22-12-9-15-32-22)17-21-10-5-4-6-11-21/h4-15,20H,3,16-19H2,1-2H3. The van der Waals surface area contributed by atoms with Crippen LogP contribution in [-0.4, -0.2) is 34.7 Å². The van der Waals surface area contributed by atoms with E-state index in [1.807, 2.05) is 61.7 Å². The summed E-state index contributed by atoms with van der Waals surface area (Å²) in [6, 6.07) is 19.7. The normalized spacial score (nSPS) is 11.7. The first-order valence-electron chi connectivity index (χ1n) is 10.9. The Hall–Kier alpha value is -2.99. The fraction of sp³-hybridized carbons (Fsp3) is 0.308. The Labute approximate surface area is 193 Å². The van der Waals surface area contributed by atoms with Gasteiger partial charge in [0.05, 0.1) is 12.1 Å². The van der Waals surface area contributed by atoms with E-state index in [1.165, 1.54) is 17.0 Å². The fourth-order valence-corrected chi connectivity index (χ4v) is 4.14. The van der Waals surface area contributed by atoms with Crippen LogP contribution in [0.5, 0.6) is 0 Å². The van der Waals surface area contributed by atoms with E-state index in [0.29, 0.717) is 19.6 Å².